The first-order valence-corrected chi connectivity index (χ1v) is 15.7. The fourth-order valence-corrected chi connectivity index (χ4v) is 5.44. The van der Waals surface area contributed by atoms with E-state index in [0.717, 1.165) is 79.2 Å². The van der Waals surface area contributed by atoms with Crippen molar-refractivity contribution in [3.8, 4) is 22.5 Å². The molecule has 0 fully saturated rings. The van der Waals surface area contributed by atoms with Crippen LogP contribution in [0.3, 0.4) is 0 Å². The lowest BCUT2D eigenvalue weighted by Crippen LogP contribution is -2.35. The zero-order chi connectivity index (χ0) is 28.0. The largest absolute Gasteiger partial charge is 0.355 e. The summed E-state index contributed by atoms with van der Waals surface area (Å²) in [7, 11) is -3.57. The molecule has 1 N–H and O–H groups in total. The van der Waals surface area contributed by atoms with Crippen LogP contribution in [0.2, 0.25) is 10.0 Å². The number of amides is 1. The first kappa shape index (κ1) is 29.3. The van der Waals surface area contributed by atoms with Gasteiger partial charge >= 0.3 is 0 Å². The van der Waals surface area contributed by atoms with E-state index in [1.165, 1.54) is 0 Å². The Kier molecular flexibility index (Phi) is 9.86. The van der Waals surface area contributed by atoms with Crippen LogP contribution >= 0.6 is 23.2 Å². The first-order chi connectivity index (χ1) is 18.6. The number of aryl methyl sites for hydroxylation is 1. The maximum Gasteiger partial charge on any atom is 0.237 e. The Labute approximate surface area is 241 Å². The third-order valence-corrected chi connectivity index (χ3v) is 9.04. The Balaban J connectivity index is 1.43. The lowest BCUT2D eigenvalue weighted by Gasteiger charge is -2.30. The van der Waals surface area contributed by atoms with Gasteiger partial charge in [0.2, 0.25) is 15.9 Å². The zero-order valence-electron chi connectivity index (χ0n) is 22.3. The van der Waals surface area contributed by atoms with Gasteiger partial charge in [0.25, 0.3) is 0 Å². The molecule has 39 heavy (non-hydrogen) atoms. The molecule has 0 radical (unpaired) electrons. The van der Waals surface area contributed by atoms with Gasteiger partial charge in [-0.2, -0.15) is 0 Å². The number of nitrogens with zero attached hydrogens (tertiary/aromatic N) is 3. The van der Waals surface area contributed by atoms with E-state index >= 15 is 0 Å². The van der Waals surface area contributed by atoms with Crippen molar-refractivity contribution in [2.45, 2.75) is 64.0 Å². The average Bonchev–Trinajstić information content (AvgIpc) is 2.90. The summed E-state index contributed by atoms with van der Waals surface area (Å²) in [6.07, 6.45) is 5.48. The van der Waals surface area contributed by atoms with Crippen LogP contribution in [-0.4, -0.2) is 42.6 Å². The van der Waals surface area contributed by atoms with E-state index in [0.29, 0.717) is 16.5 Å². The van der Waals surface area contributed by atoms with Crippen LogP contribution in [0.5, 0.6) is 0 Å². The van der Waals surface area contributed by atoms with Crippen LogP contribution in [0, 0.1) is 0 Å². The Morgan fingerprint density at radius 1 is 0.897 bits per heavy atom. The zero-order valence-corrected chi connectivity index (χ0v) is 24.6. The summed E-state index contributed by atoms with van der Waals surface area (Å²) in [6.45, 7) is 4.86. The van der Waals surface area contributed by atoms with Gasteiger partial charge in [-0.15, -0.1) is 0 Å². The Hall–Kier alpha value is -2.68. The van der Waals surface area contributed by atoms with Gasteiger partial charge in [-0.05, 0) is 63.8 Å². The topological polar surface area (TPSA) is 92.3 Å². The molecule has 3 aromatic rings. The van der Waals surface area contributed by atoms with Crippen LogP contribution < -0.4 is 9.62 Å². The molecule has 0 aliphatic carbocycles. The predicted octanol–water partition coefficient (Wildman–Crippen LogP) is 6.67. The van der Waals surface area contributed by atoms with Gasteiger partial charge in [0.15, 0.2) is 5.82 Å². The molecule has 0 unspecified atom stereocenters. The number of halogens is 2. The molecule has 2 aromatic carbocycles. The number of benzene rings is 2. The minimum Gasteiger partial charge on any atom is -0.355 e. The fourth-order valence-electron chi connectivity index (χ4n) is 4.53. The van der Waals surface area contributed by atoms with Gasteiger partial charge < -0.3 is 4.90 Å². The highest BCUT2D eigenvalue weighted by Crippen LogP contribution is 2.35. The fraction of sp³-hybridized carbons (Fsp3) is 0.414. The molecule has 0 saturated heterocycles. The van der Waals surface area contributed by atoms with Crippen molar-refractivity contribution in [2.75, 3.05) is 18.0 Å². The minimum absolute atomic E-state index is 0.210. The number of carbonyl (C=O) groups is 1. The second-order valence-corrected chi connectivity index (χ2v) is 13.2. The van der Waals surface area contributed by atoms with Gasteiger partial charge in [-0.25, -0.2) is 18.4 Å². The molecule has 0 atom stereocenters. The van der Waals surface area contributed by atoms with Crippen molar-refractivity contribution in [2.24, 2.45) is 0 Å². The second kappa shape index (κ2) is 13.1. The summed E-state index contributed by atoms with van der Waals surface area (Å²) in [5.74, 6) is 0.484. The van der Waals surface area contributed by atoms with E-state index in [1.54, 1.807) is 13.8 Å². The van der Waals surface area contributed by atoms with E-state index in [9.17, 15) is 13.2 Å². The van der Waals surface area contributed by atoms with Gasteiger partial charge in [-0.3, -0.25) is 9.52 Å². The summed E-state index contributed by atoms with van der Waals surface area (Å²) in [4.78, 5) is 24.5. The summed E-state index contributed by atoms with van der Waals surface area (Å²) in [5.41, 5.74) is 4.53. The van der Waals surface area contributed by atoms with Crippen molar-refractivity contribution in [3.05, 3.63) is 64.3 Å². The van der Waals surface area contributed by atoms with Crippen LogP contribution in [0.15, 0.2) is 48.5 Å². The molecule has 4 rings (SSSR count). The van der Waals surface area contributed by atoms with E-state index in [1.807, 2.05) is 48.5 Å². The number of rotatable bonds is 11. The monoisotopic (exact) mass is 588 g/mol. The number of fused-ring (bicyclic) bond motifs is 1. The summed E-state index contributed by atoms with van der Waals surface area (Å²) < 4.78 is 25.8. The summed E-state index contributed by atoms with van der Waals surface area (Å²) in [5, 5.41) is 0.711. The molecular formula is C29H34Cl2N4O3S. The highest BCUT2D eigenvalue weighted by molar-refractivity contribution is 7.90. The smallest absolute Gasteiger partial charge is 0.237 e. The van der Waals surface area contributed by atoms with Crippen LogP contribution in [0.4, 0.5) is 5.82 Å². The van der Waals surface area contributed by atoms with Crippen molar-refractivity contribution in [3.63, 3.8) is 0 Å². The molecule has 0 bridgehead atoms. The molecule has 1 aromatic heterocycles. The molecule has 1 aliphatic heterocycles. The van der Waals surface area contributed by atoms with Gasteiger partial charge in [0, 0.05) is 40.7 Å². The Morgan fingerprint density at radius 2 is 1.46 bits per heavy atom. The van der Waals surface area contributed by atoms with Crippen molar-refractivity contribution in [1.29, 1.82) is 0 Å². The maximum atomic E-state index is 12.0. The molecule has 2 heterocycles. The van der Waals surface area contributed by atoms with E-state index in [2.05, 4.69) is 9.62 Å². The highest BCUT2D eigenvalue weighted by atomic mass is 35.5. The van der Waals surface area contributed by atoms with E-state index in [-0.39, 0.29) is 6.42 Å². The molecule has 1 amide bonds. The predicted molar refractivity (Wildman–Crippen MR) is 159 cm³/mol. The third kappa shape index (κ3) is 7.71. The number of anilines is 1. The molecule has 0 spiro atoms. The normalized spacial score (nSPS) is 13.4. The molecule has 10 heteroatoms. The summed E-state index contributed by atoms with van der Waals surface area (Å²) >= 11 is 12.3. The van der Waals surface area contributed by atoms with Crippen molar-refractivity contribution < 1.29 is 13.2 Å². The SMILES string of the molecule is CC(C)S(=O)(=O)NC(=O)CCCCCCN1CCCc2nc(-c3ccc(Cl)cc3)c(-c3ccc(Cl)cc3)nc21. The molecular weight excluding hydrogens is 555 g/mol. The minimum atomic E-state index is -3.57. The van der Waals surface area contributed by atoms with Crippen LogP contribution in [0.1, 0.15) is 58.1 Å². The number of nitrogens with one attached hydrogen (secondary N) is 1. The van der Waals surface area contributed by atoms with Crippen LogP contribution in [0.25, 0.3) is 22.5 Å². The maximum absolute atomic E-state index is 12.0. The van der Waals surface area contributed by atoms with Gasteiger partial charge in [0.1, 0.15) is 0 Å². The van der Waals surface area contributed by atoms with Gasteiger partial charge in [-0.1, -0.05) is 60.3 Å². The van der Waals surface area contributed by atoms with Crippen LogP contribution in [-0.2, 0) is 21.2 Å². The lowest BCUT2D eigenvalue weighted by molar-refractivity contribution is -0.119. The molecule has 0 saturated carbocycles. The second-order valence-electron chi connectivity index (χ2n) is 10.1. The molecule has 1 aliphatic rings. The Bertz CT molecular complexity index is 1400. The standard InChI is InChI=1S/C29H34Cl2N4O3S/c1-20(2)39(37,38)34-26(36)9-5-3-4-6-18-35-19-7-8-25-29(35)33-28(22-12-16-24(31)17-13-22)27(32-25)21-10-14-23(30)15-11-21/h10-17,20H,3-9,18-19H2,1-2H3,(H,34,36). The first-order valence-electron chi connectivity index (χ1n) is 13.4. The van der Waals surface area contributed by atoms with Crippen molar-refractivity contribution in [1.82, 2.24) is 14.7 Å². The number of carbonyl (C=O) groups excluding carboxylic acids is 1. The Morgan fingerprint density at radius 3 is 2.05 bits per heavy atom. The highest BCUT2D eigenvalue weighted by Gasteiger charge is 2.24. The summed E-state index contributed by atoms with van der Waals surface area (Å²) in [6, 6.07) is 15.3. The van der Waals surface area contributed by atoms with Gasteiger partial charge in [0.05, 0.1) is 22.3 Å². The number of unbranched alkanes of at least 4 members (excludes halogenated alkanes) is 3. The number of aromatic nitrogens is 2. The van der Waals surface area contributed by atoms with E-state index < -0.39 is 21.2 Å². The number of sulfonamides is 1. The molecule has 7 nitrogen and oxygen atoms in total. The lowest BCUT2D eigenvalue weighted by atomic mass is 10.0. The quantitative estimate of drug-likeness (QED) is 0.251. The number of hydrogen-bond donors (Lipinski definition) is 1. The van der Waals surface area contributed by atoms with E-state index in [4.69, 9.17) is 33.2 Å². The number of hydrogen-bond acceptors (Lipinski definition) is 6. The third-order valence-electron chi connectivity index (χ3n) is 6.78. The van der Waals surface area contributed by atoms with Crippen molar-refractivity contribution >= 4 is 45.0 Å². The average molecular weight is 590 g/mol. The molecule has 208 valence electrons.